The zero-order valence-electron chi connectivity index (χ0n) is 56.5. The normalized spacial score (nSPS) is 36.5. The van der Waals surface area contributed by atoms with Crippen LogP contribution in [0, 0.1) is 51.8 Å². The predicted octanol–water partition coefficient (Wildman–Crippen LogP) is 12.3. The summed E-state index contributed by atoms with van der Waals surface area (Å²) in [5.74, 6) is 6.24. The number of pyridine rings is 3. The SMILES string of the molecule is CNCC1CC(=O)C2=C(C1)O[C@@H]1C(=C2)C=C[C@@]2(C)[C@H]1C[C@@H](OC)[C@@H]2c1cccnc1.CNCC1CC(=O)C2=C(C1)O[C@@H]1C(=C2)CC[C@@]2(C)[C@H]1C[C@@H](OC)[C@@H]2c1ccc2cnccc2c1.CNCC1CC(=O)C2=C(C1)O[C@@H]1C(=C2)CC[C@@]2(C)[C@H]1C[C@@H](OC)[C@@H]2c1cccnc1. The number of rotatable bonds is 12. The molecule has 16 rings (SSSR count). The number of aromatic nitrogens is 3. The number of methoxy groups -OCH3 is 3. The van der Waals surface area contributed by atoms with Crippen molar-refractivity contribution in [2.45, 2.75) is 159 Å². The minimum atomic E-state index is -0.0904. The lowest BCUT2D eigenvalue weighted by molar-refractivity contribution is -0.118. The molecule has 3 N–H and O–H groups in total. The number of Topliss-reactive ketones (excluding diaryl/α,β-unsaturated/α-hetero) is 3. The van der Waals surface area contributed by atoms with E-state index in [-0.39, 0.29) is 82.1 Å². The lowest BCUT2D eigenvalue weighted by atomic mass is 9.61. The second-order valence-electron chi connectivity index (χ2n) is 30.0. The van der Waals surface area contributed by atoms with Crippen molar-refractivity contribution in [1.82, 2.24) is 30.9 Å². The molecule has 6 heterocycles. The number of nitrogens with one attached hydrogen (secondary N) is 3. The number of fused-ring (bicyclic) bond motifs is 10. The third-order valence-corrected chi connectivity index (χ3v) is 24.8. The Morgan fingerprint density at radius 1 is 0.500 bits per heavy atom. The van der Waals surface area contributed by atoms with E-state index in [1.807, 2.05) is 84.7 Å². The maximum absolute atomic E-state index is 12.9. The van der Waals surface area contributed by atoms with Crippen LogP contribution in [-0.2, 0) is 42.8 Å². The van der Waals surface area contributed by atoms with E-state index in [2.05, 4.69) is 118 Å². The second-order valence-corrected chi connectivity index (χ2v) is 30.0. The minimum Gasteiger partial charge on any atom is -0.489 e. The highest BCUT2D eigenvalue weighted by molar-refractivity contribution is 6.01. The van der Waals surface area contributed by atoms with Gasteiger partial charge in [-0.2, -0.15) is 0 Å². The van der Waals surface area contributed by atoms with Crippen molar-refractivity contribution >= 4 is 28.1 Å². The highest BCUT2D eigenvalue weighted by Crippen LogP contribution is 2.65. The molecule has 12 aliphatic rings. The van der Waals surface area contributed by atoms with Gasteiger partial charge in [0.05, 0.1) is 35.0 Å². The van der Waals surface area contributed by atoms with Gasteiger partial charge in [0.2, 0.25) is 0 Å². The topological polar surface area (TPSA) is 181 Å². The zero-order chi connectivity index (χ0) is 65.2. The Kier molecular flexibility index (Phi) is 18.1. The molecule has 0 radical (unpaired) electrons. The number of ketones is 3. The summed E-state index contributed by atoms with van der Waals surface area (Å²) in [7, 11) is 11.3. The summed E-state index contributed by atoms with van der Waals surface area (Å²) in [5, 5.41) is 12.1. The van der Waals surface area contributed by atoms with Crippen molar-refractivity contribution in [2.24, 2.45) is 51.8 Å². The average molecular weight is 1270 g/mol. The number of hydrogen-bond acceptors (Lipinski definition) is 15. The molecule has 94 heavy (non-hydrogen) atoms. The van der Waals surface area contributed by atoms with Gasteiger partial charge in [0.15, 0.2) is 17.3 Å². The van der Waals surface area contributed by atoms with Gasteiger partial charge < -0.3 is 44.4 Å². The molecule has 0 amide bonds. The summed E-state index contributed by atoms with van der Waals surface area (Å²) >= 11 is 0. The summed E-state index contributed by atoms with van der Waals surface area (Å²) in [6.07, 6.45) is 34.2. The summed E-state index contributed by atoms with van der Waals surface area (Å²) in [6, 6.07) is 17.3. The molecule has 9 aliphatic carbocycles. The van der Waals surface area contributed by atoms with Crippen molar-refractivity contribution < 1.29 is 42.8 Å². The number of ether oxygens (including phenoxy) is 6. The van der Waals surface area contributed by atoms with E-state index in [0.29, 0.717) is 60.7 Å². The van der Waals surface area contributed by atoms with Crippen LogP contribution in [0.25, 0.3) is 10.8 Å². The molecule has 18 atom stereocenters. The fourth-order valence-corrected chi connectivity index (χ4v) is 20.2. The van der Waals surface area contributed by atoms with Gasteiger partial charge in [-0.1, -0.05) is 63.3 Å². The smallest absolute Gasteiger partial charge is 0.166 e. The first kappa shape index (κ1) is 64.6. The monoisotopic (exact) mass is 1270 g/mol. The number of benzene rings is 1. The average Bonchev–Trinajstić information content (AvgIpc) is 1.54. The molecule has 15 heteroatoms. The van der Waals surface area contributed by atoms with Gasteiger partial charge in [0, 0.05) is 143 Å². The van der Waals surface area contributed by atoms with Crippen LogP contribution >= 0.6 is 0 Å². The summed E-state index contributed by atoms with van der Waals surface area (Å²) in [5.41, 5.74) is 10.1. The fourth-order valence-electron chi connectivity index (χ4n) is 20.2. The van der Waals surface area contributed by atoms with Gasteiger partial charge in [0.25, 0.3) is 0 Å². The largest absolute Gasteiger partial charge is 0.489 e. The van der Waals surface area contributed by atoms with E-state index in [4.69, 9.17) is 28.4 Å². The van der Waals surface area contributed by atoms with Gasteiger partial charge in [-0.05, 0) is 190 Å². The van der Waals surface area contributed by atoms with Gasteiger partial charge >= 0.3 is 0 Å². The highest BCUT2D eigenvalue weighted by Gasteiger charge is 2.62. The van der Waals surface area contributed by atoms with Crippen molar-refractivity contribution in [3.05, 3.63) is 183 Å². The first-order valence-corrected chi connectivity index (χ1v) is 34.9. The highest BCUT2D eigenvalue weighted by atomic mass is 16.5. The van der Waals surface area contributed by atoms with E-state index in [1.54, 1.807) is 7.11 Å². The molecular formula is C79H96N6O9. The molecule has 1 aromatic carbocycles. The maximum Gasteiger partial charge on any atom is 0.166 e. The van der Waals surface area contributed by atoms with E-state index in [1.165, 1.54) is 38.6 Å². The fraction of sp³-hybridized carbons (Fsp3) is 0.544. The van der Waals surface area contributed by atoms with Crippen LogP contribution in [0.5, 0.6) is 0 Å². The summed E-state index contributed by atoms with van der Waals surface area (Å²) < 4.78 is 38.2. The Balaban J connectivity index is 0.000000122. The Labute approximate surface area is 555 Å². The Morgan fingerprint density at radius 2 is 0.957 bits per heavy atom. The summed E-state index contributed by atoms with van der Waals surface area (Å²) in [6.45, 7) is 9.71. The predicted molar refractivity (Wildman–Crippen MR) is 362 cm³/mol. The number of carbonyl (C=O) groups excluding carboxylic acids is 3. The third kappa shape index (κ3) is 11.4. The van der Waals surface area contributed by atoms with E-state index in [9.17, 15) is 14.4 Å². The lowest BCUT2D eigenvalue weighted by Crippen LogP contribution is -2.44. The first-order valence-electron chi connectivity index (χ1n) is 34.9. The summed E-state index contributed by atoms with van der Waals surface area (Å²) in [4.78, 5) is 51.4. The van der Waals surface area contributed by atoms with Gasteiger partial charge in [0.1, 0.15) is 35.6 Å². The molecule has 15 nitrogen and oxygen atoms in total. The van der Waals surface area contributed by atoms with Crippen LogP contribution in [0.2, 0.25) is 0 Å². The first-order chi connectivity index (χ1) is 45.6. The number of nitrogens with zero attached hydrogens (tertiary/aromatic N) is 3. The Morgan fingerprint density at radius 3 is 1.45 bits per heavy atom. The van der Waals surface area contributed by atoms with Gasteiger partial charge in [-0.25, -0.2) is 0 Å². The lowest BCUT2D eigenvalue weighted by Gasteiger charge is -2.48. The molecular weight excluding hydrogens is 1180 g/mol. The van der Waals surface area contributed by atoms with Crippen LogP contribution in [0.4, 0.5) is 0 Å². The van der Waals surface area contributed by atoms with E-state index < -0.39 is 0 Å². The molecule has 496 valence electrons. The molecule has 5 saturated carbocycles. The van der Waals surface area contributed by atoms with Crippen molar-refractivity contribution in [1.29, 1.82) is 0 Å². The van der Waals surface area contributed by atoms with Crippen LogP contribution < -0.4 is 16.0 Å². The Hall–Kier alpha value is -6.72. The van der Waals surface area contributed by atoms with Crippen LogP contribution in [-0.4, -0.2) is 131 Å². The van der Waals surface area contributed by atoms with Gasteiger partial charge in [-0.15, -0.1) is 0 Å². The molecule has 0 saturated heterocycles. The van der Waals surface area contributed by atoms with Crippen LogP contribution in [0.1, 0.15) is 139 Å². The molecule has 3 aromatic heterocycles. The molecule has 0 spiro atoms. The maximum atomic E-state index is 12.9. The standard InChI is InChI=1S/C29H34N2O3.C25H32N2O3.C25H30N2O3/c1-29-8-6-20-13-22-24(32)10-17(15-30-2)11-25(22)34-28(20)23(29)14-26(33-3)27(29)19-4-5-21-16-31-9-7-18(21)12-19;2*1-25-7-6-16-11-18-20(28)9-15(13-26-2)10-21(18)30-24(16)19(25)12-22(29-3)23(25)17-5-4-8-27-14-17/h4-5,7,9,12-13,16-17,23,26-28,30H,6,8,10-11,14-15H2,1-3H3;4-5,8,11,14-15,19,22-24,26H,6-7,9-10,12-13H2,1-3H3;4-8,11,14-15,19,22-24,26H,9-10,12-13H2,1-3H3/t17?,23-,26+,27-,28+,29-;2*15?,19-,22+,23-,24+,25-/m000/s1. The minimum absolute atomic E-state index is 0.0285. The number of hydrogen-bond donors (Lipinski definition) is 3. The van der Waals surface area contributed by atoms with Crippen LogP contribution in [0.3, 0.4) is 0 Å². The zero-order valence-corrected chi connectivity index (χ0v) is 56.5. The second kappa shape index (κ2) is 26.4. The Bertz CT molecular complexity index is 3800. The van der Waals surface area contributed by atoms with Crippen molar-refractivity contribution in [3.63, 3.8) is 0 Å². The molecule has 3 aliphatic heterocycles. The molecule has 5 fully saturated rings. The van der Waals surface area contributed by atoms with E-state index >= 15 is 0 Å². The number of allylic oxidation sites excluding steroid dienone is 10. The molecule has 0 bridgehead atoms. The quantitative estimate of drug-likeness (QED) is 0.122. The molecule has 3 unspecified atom stereocenters. The number of carbonyl (C=O) groups is 3. The molecule has 4 aromatic rings. The van der Waals surface area contributed by atoms with Crippen molar-refractivity contribution in [2.75, 3.05) is 62.1 Å². The van der Waals surface area contributed by atoms with Crippen molar-refractivity contribution in [3.8, 4) is 0 Å². The van der Waals surface area contributed by atoms with Gasteiger partial charge in [-0.3, -0.25) is 29.3 Å². The van der Waals surface area contributed by atoms with Crippen LogP contribution in [0.15, 0.2) is 167 Å². The third-order valence-electron chi connectivity index (χ3n) is 24.8. The van der Waals surface area contributed by atoms with E-state index in [0.717, 1.165) is 123 Å².